The largest absolute Gasteiger partial charge is 0.478 e. The summed E-state index contributed by atoms with van der Waals surface area (Å²) in [5.41, 5.74) is 5.11. The zero-order chi connectivity index (χ0) is 18.7. The summed E-state index contributed by atoms with van der Waals surface area (Å²) in [6, 6.07) is 6.99. The van der Waals surface area contributed by atoms with E-state index in [0.29, 0.717) is 17.8 Å². The number of para-hydroxylation sites is 1. The fraction of sp³-hybridized carbons (Fsp3) is 0.409. The molecule has 0 heterocycles. The summed E-state index contributed by atoms with van der Waals surface area (Å²) < 4.78 is 0. The molecule has 0 unspecified atom stereocenters. The number of hydrogen-bond acceptors (Lipinski definition) is 2. The third kappa shape index (κ3) is 8.94. The van der Waals surface area contributed by atoms with E-state index in [-0.39, 0.29) is 0 Å². The molecule has 0 spiro atoms. The van der Waals surface area contributed by atoms with Crippen LogP contribution in [0.1, 0.15) is 63.7 Å². The second-order valence-corrected chi connectivity index (χ2v) is 6.69. The lowest BCUT2D eigenvalue weighted by molar-refractivity contribution is 0.0698. The van der Waals surface area contributed by atoms with Crippen LogP contribution in [0.4, 0.5) is 5.69 Å². The maximum atomic E-state index is 11.2. The number of hydrogen-bond donors (Lipinski definition) is 2. The minimum absolute atomic E-state index is 0.309. The van der Waals surface area contributed by atoms with Crippen LogP contribution < -0.4 is 5.32 Å². The molecule has 0 fully saturated rings. The molecule has 0 saturated carbocycles. The summed E-state index contributed by atoms with van der Waals surface area (Å²) in [4.78, 5) is 11.2. The second kappa shape index (κ2) is 11.3. The van der Waals surface area contributed by atoms with Crippen LogP contribution in [-0.4, -0.2) is 17.6 Å². The summed E-state index contributed by atoms with van der Waals surface area (Å²) in [5, 5.41) is 12.4. The highest BCUT2D eigenvalue weighted by atomic mass is 16.4. The van der Waals surface area contributed by atoms with Crippen molar-refractivity contribution < 1.29 is 9.90 Å². The van der Waals surface area contributed by atoms with Gasteiger partial charge in [0.1, 0.15) is 0 Å². The fourth-order valence-electron chi connectivity index (χ4n) is 2.50. The van der Waals surface area contributed by atoms with Crippen molar-refractivity contribution in [2.75, 3.05) is 11.9 Å². The van der Waals surface area contributed by atoms with Crippen LogP contribution >= 0.6 is 0 Å². The average molecular weight is 341 g/mol. The number of benzene rings is 1. The van der Waals surface area contributed by atoms with Crippen LogP contribution in [0.5, 0.6) is 0 Å². The predicted octanol–water partition coefficient (Wildman–Crippen LogP) is 6.22. The number of carboxylic acids is 1. The van der Waals surface area contributed by atoms with Crippen molar-refractivity contribution in [3.8, 4) is 0 Å². The number of nitrogens with one attached hydrogen (secondary N) is 1. The number of carbonyl (C=O) groups is 1. The Labute approximate surface area is 152 Å². The molecule has 3 nitrogen and oxygen atoms in total. The molecule has 1 aromatic carbocycles. The number of allylic oxidation sites excluding steroid dienone is 5. The Bertz CT molecular complexity index is 650. The maximum Gasteiger partial charge on any atom is 0.337 e. The molecule has 0 atom stereocenters. The van der Waals surface area contributed by atoms with Gasteiger partial charge in [0, 0.05) is 12.2 Å². The van der Waals surface area contributed by atoms with Gasteiger partial charge in [-0.25, -0.2) is 4.79 Å². The Morgan fingerprint density at radius 2 is 1.56 bits per heavy atom. The molecule has 1 aromatic rings. The fourth-order valence-corrected chi connectivity index (χ4v) is 2.50. The lowest BCUT2D eigenvalue weighted by Gasteiger charge is -2.08. The normalized spacial score (nSPS) is 12.0. The molecule has 0 aliphatic heterocycles. The van der Waals surface area contributed by atoms with E-state index in [4.69, 9.17) is 5.11 Å². The van der Waals surface area contributed by atoms with Gasteiger partial charge in [-0.15, -0.1) is 0 Å². The van der Waals surface area contributed by atoms with Gasteiger partial charge in [0.15, 0.2) is 0 Å². The lowest BCUT2D eigenvalue weighted by atomic mass is 10.1. The van der Waals surface area contributed by atoms with Crippen molar-refractivity contribution in [2.24, 2.45) is 0 Å². The maximum absolute atomic E-state index is 11.2. The van der Waals surface area contributed by atoms with E-state index in [1.54, 1.807) is 18.2 Å². The summed E-state index contributed by atoms with van der Waals surface area (Å²) in [5.74, 6) is -0.905. The first kappa shape index (κ1) is 20.8. The van der Waals surface area contributed by atoms with E-state index in [1.807, 2.05) is 6.07 Å². The monoisotopic (exact) mass is 341 g/mol. The minimum Gasteiger partial charge on any atom is -0.478 e. The first-order chi connectivity index (χ1) is 11.9. The molecule has 0 saturated heterocycles. The van der Waals surface area contributed by atoms with Crippen LogP contribution in [-0.2, 0) is 0 Å². The van der Waals surface area contributed by atoms with Crippen molar-refractivity contribution in [1.29, 1.82) is 0 Å². The van der Waals surface area contributed by atoms with Gasteiger partial charge >= 0.3 is 5.97 Å². The summed E-state index contributed by atoms with van der Waals surface area (Å²) in [7, 11) is 0. The van der Waals surface area contributed by atoms with E-state index in [0.717, 1.165) is 25.7 Å². The third-order valence-corrected chi connectivity index (χ3v) is 4.02. The summed E-state index contributed by atoms with van der Waals surface area (Å²) in [6.45, 7) is 9.23. The van der Waals surface area contributed by atoms with Gasteiger partial charge in [-0.3, -0.25) is 0 Å². The predicted molar refractivity (Wildman–Crippen MR) is 107 cm³/mol. The minimum atomic E-state index is -0.905. The zero-order valence-electron chi connectivity index (χ0n) is 15.9. The molecule has 0 aliphatic rings. The molecule has 25 heavy (non-hydrogen) atoms. The quantitative estimate of drug-likeness (QED) is 0.497. The number of carboxylic acid groups (broad SMARTS) is 1. The first-order valence-corrected chi connectivity index (χ1v) is 8.91. The molecule has 136 valence electrons. The molecule has 2 N–H and O–H groups in total. The highest BCUT2D eigenvalue weighted by molar-refractivity contribution is 5.94. The molecule has 3 heteroatoms. The Kier molecular flexibility index (Phi) is 9.38. The first-order valence-electron chi connectivity index (χ1n) is 8.91. The van der Waals surface area contributed by atoms with Crippen LogP contribution in [0.2, 0.25) is 0 Å². The Morgan fingerprint density at radius 1 is 0.960 bits per heavy atom. The standard InChI is InChI=1S/C22H31NO2/c1-17(2)9-7-10-18(3)11-8-12-19(4)15-16-23-21-14-6-5-13-20(21)22(24)25/h5-6,9,11,13-15,23H,7-8,10,12,16H2,1-4H3,(H,24,25). The SMILES string of the molecule is CC(C)=CCCC(C)=CCCC(C)=CCNc1ccccc1C(=O)O. The van der Waals surface area contributed by atoms with Crippen molar-refractivity contribution >= 4 is 11.7 Å². The molecular weight excluding hydrogens is 310 g/mol. The Hall–Kier alpha value is -2.29. The van der Waals surface area contributed by atoms with Crippen molar-refractivity contribution in [3.63, 3.8) is 0 Å². The van der Waals surface area contributed by atoms with Gasteiger partial charge in [-0.1, -0.05) is 47.1 Å². The highest BCUT2D eigenvalue weighted by Crippen LogP contribution is 2.15. The number of anilines is 1. The van der Waals surface area contributed by atoms with Crippen LogP contribution in [0.15, 0.2) is 59.2 Å². The Balaban J connectivity index is 2.39. The van der Waals surface area contributed by atoms with Crippen LogP contribution in [0.25, 0.3) is 0 Å². The van der Waals surface area contributed by atoms with Crippen molar-refractivity contribution in [2.45, 2.75) is 53.4 Å². The van der Waals surface area contributed by atoms with Gasteiger partial charge in [-0.2, -0.15) is 0 Å². The molecule has 0 aliphatic carbocycles. The van der Waals surface area contributed by atoms with Gasteiger partial charge in [-0.05, 0) is 65.5 Å². The zero-order valence-corrected chi connectivity index (χ0v) is 15.9. The number of aromatic carboxylic acids is 1. The van der Waals surface area contributed by atoms with E-state index in [2.05, 4.69) is 51.2 Å². The van der Waals surface area contributed by atoms with E-state index < -0.39 is 5.97 Å². The van der Waals surface area contributed by atoms with Gasteiger partial charge < -0.3 is 10.4 Å². The van der Waals surface area contributed by atoms with E-state index in [1.165, 1.54) is 16.7 Å². The van der Waals surface area contributed by atoms with Crippen molar-refractivity contribution in [3.05, 3.63) is 64.8 Å². The van der Waals surface area contributed by atoms with Gasteiger partial charge in [0.2, 0.25) is 0 Å². The molecular formula is C22H31NO2. The summed E-state index contributed by atoms with van der Waals surface area (Å²) in [6.07, 6.45) is 11.1. The third-order valence-electron chi connectivity index (χ3n) is 4.02. The topological polar surface area (TPSA) is 49.3 Å². The average Bonchev–Trinajstić information content (AvgIpc) is 2.54. The number of rotatable bonds is 10. The molecule has 0 amide bonds. The molecule has 0 aromatic heterocycles. The van der Waals surface area contributed by atoms with Crippen LogP contribution in [0, 0.1) is 0 Å². The van der Waals surface area contributed by atoms with E-state index >= 15 is 0 Å². The smallest absolute Gasteiger partial charge is 0.337 e. The molecule has 1 rings (SSSR count). The highest BCUT2D eigenvalue weighted by Gasteiger charge is 2.07. The molecule has 0 bridgehead atoms. The second-order valence-electron chi connectivity index (χ2n) is 6.69. The lowest BCUT2D eigenvalue weighted by Crippen LogP contribution is -2.06. The molecule has 0 radical (unpaired) electrons. The Morgan fingerprint density at radius 3 is 2.20 bits per heavy atom. The van der Waals surface area contributed by atoms with E-state index in [9.17, 15) is 4.79 Å². The van der Waals surface area contributed by atoms with Gasteiger partial charge in [0.05, 0.1) is 5.56 Å². The summed E-state index contributed by atoms with van der Waals surface area (Å²) >= 11 is 0. The van der Waals surface area contributed by atoms with Gasteiger partial charge in [0.25, 0.3) is 0 Å². The van der Waals surface area contributed by atoms with Crippen molar-refractivity contribution in [1.82, 2.24) is 0 Å². The van der Waals surface area contributed by atoms with Crippen LogP contribution in [0.3, 0.4) is 0 Å².